The summed E-state index contributed by atoms with van der Waals surface area (Å²) >= 11 is 6.45. The van der Waals surface area contributed by atoms with E-state index < -0.39 is 5.97 Å². The average molecular weight is 713 g/mol. The number of ether oxygens (including phenoxy) is 2. The Morgan fingerprint density at radius 3 is 2.39 bits per heavy atom. The first-order chi connectivity index (χ1) is 13.4. The van der Waals surface area contributed by atoms with E-state index in [-0.39, 0.29) is 11.7 Å². The molecule has 0 fully saturated rings. The Labute approximate surface area is 203 Å². The molecule has 0 saturated heterocycles. The largest absolute Gasteiger partial charge is 0.424 e. The number of rotatable bonds is 5. The molecule has 3 rings (SSSR count). The lowest BCUT2D eigenvalue weighted by atomic mass is 10.2. The van der Waals surface area contributed by atoms with Gasteiger partial charge in [0.1, 0.15) is 0 Å². The molecular formula is C20H14I3NO4. The molecule has 0 spiro atoms. The maximum Gasteiger partial charge on any atom is 0.363 e. The second-order valence-electron chi connectivity index (χ2n) is 5.88. The molecular weight excluding hydrogens is 699 g/mol. The highest BCUT2D eigenvalue weighted by molar-refractivity contribution is 14.1. The number of halogens is 3. The SMILES string of the molecule is CCCC(=O)Oc1c(I)cc(/C=C2\N=C(c3ccc(I)cc3)OC2=O)cc1I. The van der Waals surface area contributed by atoms with Gasteiger partial charge in [0.2, 0.25) is 5.90 Å². The summed E-state index contributed by atoms with van der Waals surface area (Å²) < 4.78 is 13.4. The van der Waals surface area contributed by atoms with Crippen molar-refractivity contribution in [1.29, 1.82) is 0 Å². The van der Waals surface area contributed by atoms with Crippen LogP contribution in [0, 0.1) is 10.7 Å². The van der Waals surface area contributed by atoms with Crippen LogP contribution in [0.2, 0.25) is 0 Å². The highest BCUT2D eigenvalue weighted by Gasteiger charge is 2.24. The number of hydrogen-bond acceptors (Lipinski definition) is 5. The normalized spacial score (nSPS) is 14.8. The third-order valence-electron chi connectivity index (χ3n) is 3.71. The van der Waals surface area contributed by atoms with Crippen molar-refractivity contribution in [3.63, 3.8) is 0 Å². The molecule has 0 aromatic heterocycles. The standard InChI is InChI=1S/C20H14I3NO4/c1-2-3-17(25)27-18-14(22)8-11(9-15(18)23)10-16-20(26)28-19(24-16)12-4-6-13(21)7-5-12/h4-10H,2-3H2,1H3/b16-10-. The molecule has 1 aliphatic rings. The molecule has 0 bridgehead atoms. The number of benzene rings is 2. The van der Waals surface area contributed by atoms with Crippen LogP contribution in [0.25, 0.3) is 6.08 Å². The molecule has 28 heavy (non-hydrogen) atoms. The van der Waals surface area contributed by atoms with E-state index in [1.807, 2.05) is 43.3 Å². The minimum atomic E-state index is -0.489. The van der Waals surface area contributed by atoms with E-state index in [0.29, 0.717) is 18.1 Å². The molecule has 5 nitrogen and oxygen atoms in total. The fourth-order valence-corrected chi connectivity index (χ4v) is 4.81. The highest BCUT2D eigenvalue weighted by Crippen LogP contribution is 2.31. The molecule has 0 unspecified atom stereocenters. The van der Waals surface area contributed by atoms with Crippen LogP contribution < -0.4 is 4.74 Å². The second-order valence-corrected chi connectivity index (χ2v) is 9.45. The van der Waals surface area contributed by atoms with Crippen LogP contribution in [-0.2, 0) is 14.3 Å². The summed E-state index contributed by atoms with van der Waals surface area (Å²) in [5.74, 6) is 0.0913. The van der Waals surface area contributed by atoms with Gasteiger partial charge in [0.25, 0.3) is 0 Å². The minimum absolute atomic E-state index is 0.232. The van der Waals surface area contributed by atoms with Gasteiger partial charge >= 0.3 is 11.9 Å². The molecule has 0 N–H and O–H groups in total. The monoisotopic (exact) mass is 713 g/mol. The van der Waals surface area contributed by atoms with E-state index in [0.717, 1.165) is 28.3 Å². The maximum atomic E-state index is 12.2. The Hall–Kier alpha value is -1.02. The Morgan fingerprint density at radius 1 is 1.14 bits per heavy atom. The Morgan fingerprint density at radius 2 is 1.79 bits per heavy atom. The number of nitrogens with zero attached hydrogens (tertiary/aromatic N) is 1. The second kappa shape index (κ2) is 9.65. The first-order valence-corrected chi connectivity index (χ1v) is 11.6. The molecule has 144 valence electrons. The van der Waals surface area contributed by atoms with Crippen molar-refractivity contribution in [3.05, 3.63) is 63.9 Å². The van der Waals surface area contributed by atoms with Crippen LogP contribution in [0.4, 0.5) is 0 Å². The number of esters is 2. The van der Waals surface area contributed by atoms with Crippen molar-refractivity contribution in [2.75, 3.05) is 0 Å². The van der Waals surface area contributed by atoms with Crippen LogP contribution in [0.15, 0.2) is 47.1 Å². The smallest absolute Gasteiger partial charge is 0.363 e. The van der Waals surface area contributed by atoms with E-state index in [1.165, 1.54) is 0 Å². The minimum Gasteiger partial charge on any atom is -0.424 e. The van der Waals surface area contributed by atoms with Gasteiger partial charge in [0.05, 0.1) is 7.14 Å². The van der Waals surface area contributed by atoms with Crippen LogP contribution in [0.3, 0.4) is 0 Å². The maximum absolute atomic E-state index is 12.2. The molecule has 0 amide bonds. The van der Waals surface area contributed by atoms with Gasteiger partial charge in [-0.1, -0.05) is 6.92 Å². The average Bonchev–Trinajstić information content (AvgIpc) is 2.99. The molecule has 0 radical (unpaired) electrons. The van der Waals surface area contributed by atoms with Crippen molar-refractivity contribution < 1.29 is 19.1 Å². The topological polar surface area (TPSA) is 65.0 Å². The van der Waals surface area contributed by atoms with Crippen molar-refractivity contribution in [2.24, 2.45) is 4.99 Å². The lowest BCUT2D eigenvalue weighted by Gasteiger charge is -2.09. The zero-order valence-corrected chi connectivity index (χ0v) is 21.1. The van der Waals surface area contributed by atoms with Crippen LogP contribution >= 0.6 is 67.8 Å². The number of carbonyl (C=O) groups is 2. The molecule has 2 aromatic rings. The molecule has 1 heterocycles. The molecule has 0 aliphatic carbocycles. The quantitative estimate of drug-likeness (QED) is 0.177. The molecule has 8 heteroatoms. The molecule has 2 aromatic carbocycles. The van der Waals surface area contributed by atoms with E-state index >= 15 is 0 Å². The lowest BCUT2D eigenvalue weighted by molar-refractivity contribution is -0.134. The van der Waals surface area contributed by atoms with Crippen LogP contribution in [0.5, 0.6) is 5.75 Å². The van der Waals surface area contributed by atoms with Crippen LogP contribution in [-0.4, -0.2) is 17.8 Å². The Kier molecular flexibility index (Phi) is 7.48. The molecule has 0 atom stereocenters. The van der Waals surface area contributed by atoms with Gasteiger partial charge in [-0.25, -0.2) is 9.79 Å². The summed E-state index contributed by atoms with van der Waals surface area (Å²) in [5.41, 5.74) is 1.76. The van der Waals surface area contributed by atoms with E-state index in [2.05, 4.69) is 72.8 Å². The Balaban J connectivity index is 1.87. The van der Waals surface area contributed by atoms with E-state index in [4.69, 9.17) is 9.47 Å². The zero-order valence-electron chi connectivity index (χ0n) is 14.7. The van der Waals surface area contributed by atoms with Gasteiger partial charge in [-0.05, 0) is 122 Å². The first-order valence-electron chi connectivity index (χ1n) is 8.35. The summed E-state index contributed by atoms with van der Waals surface area (Å²) in [6.07, 6.45) is 2.78. The fraction of sp³-hybridized carbons (Fsp3) is 0.150. The van der Waals surface area contributed by atoms with Crippen molar-refractivity contribution in [1.82, 2.24) is 0 Å². The summed E-state index contributed by atoms with van der Waals surface area (Å²) in [7, 11) is 0. The number of carbonyl (C=O) groups excluding carboxylic acids is 2. The van der Waals surface area contributed by atoms with E-state index in [9.17, 15) is 9.59 Å². The van der Waals surface area contributed by atoms with Gasteiger partial charge in [-0.2, -0.15) is 0 Å². The fourth-order valence-electron chi connectivity index (χ4n) is 2.41. The molecule has 1 aliphatic heterocycles. The van der Waals surface area contributed by atoms with Crippen molar-refractivity contribution >= 4 is 91.7 Å². The van der Waals surface area contributed by atoms with Gasteiger partial charge in [0.15, 0.2) is 11.4 Å². The van der Waals surface area contributed by atoms with Crippen LogP contribution in [0.1, 0.15) is 30.9 Å². The first kappa shape index (κ1) is 21.7. The molecule has 0 saturated carbocycles. The highest BCUT2D eigenvalue weighted by atomic mass is 127. The Bertz CT molecular complexity index is 974. The van der Waals surface area contributed by atoms with Gasteiger partial charge < -0.3 is 9.47 Å². The predicted molar refractivity (Wildman–Crippen MR) is 132 cm³/mol. The number of cyclic esters (lactones) is 1. The van der Waals surface area contributed by atoms with Gasteiger partial charge in [-0.15, -0.1) is 0 Å². The predicted octanol–water partition coefficient (Wildman–Crippen LogP) is 5.55. The van der Waals surface area contributed by atoms with E-state index in [1.54, 1.807) is 6.08 Å². The summed E-state index contributed by atoms with van der Waals surface area (Å²) in [6.45, 7) is 1.93. The van der Waals surface area contributed by atoms with Gasteiger partial charge in [-0.3, -0.25) is 4.79 Å². The summed E-state index contributed by atoms with van der Waals surface area (Å²) in [6, 6.07) is 11.3. The van der Waals surface area contributed by atoms with Crippen molar-refractivity contribution in [3.8, 4) is 5.75 Å². The zero-order chi connectivity index (χ0) is 20.3. The summed E-state index contributed by atoms with van der Waals surface area (Å²) in [4.78, 5) is 28.3. The third kappa shape index (κ3) is 5.32. The van der Waals surface area contributed by atoms with Crippen molar-refractivity contribution in [2.45, 2.75) is 19.8 Å². The van der Waals surface area contributed by atoms with Gasteiger partial charge in [0, 0.05) is 15.6 Å². The number of aliphatic imine (C=N–C) groups is 1. The number of hydrogen-bond donors (Lipinski definition) is 0. The third-order valence-corrected chi connectivity index (χ3v) is 6.03. The lowest BCUT2D eigenvalue weighted by Crippen LogP contribution is -2.09. The summed E-state index contributed by atoms with van der Waals surface area (Å²) in [5, 5.41) is 0.